The topological polar surface area (TPSA) is 101 Å². The van der Waals surface area contributed by atoms with Crippen molar-refractivity contribution in [1.82, 2.24) is 9.55 Å². The van der Waals surface area contributed by atoms with Crippen LogP contribution in [0.5, 0.6) is 0 Å². The fraction of sp³-hybridized carbons (Fsp3) is 0.762. The minimum absolute atomic E-state index is 0.0644. The lowest BCUT2D eigenvalue weighted by molar-refractivity contribution is -0.119. The zero-order valence-electron chi connectivity index (χ0n) is 17.6. The number of hydrogen-bond donors (Lipinski definition) is 2. The van der Waals surface area contributed by atoms with E-state index in [1.807, 2.05) is 6.92 Å². The molecule has 1 aliphatic rings. The van der Waals surface area contributed by atoms with Crippen molar-refractivity contribution in [2.75, 3.05) is 17.2 Å². The second kappa shape index (κ2) is 10.5. The average Bonchev–Trinajstić information content (AvgIpc) is 2.64. The van der Waals surface area contributed by atoms with Crippen LogP contribution in [0.1, 0.15) is 78.6 Å². The lowest BCUT2D eigenvalue weighted by atomic mass is 9.86. The van der Waals surface area contributed by atoms with Gasteiger partial charge in [-0.25, -0.2) is 4.79 Å². The van der Waals surface area contributed by atoms with Crippen LogP contribution < -0.4 is 21.9 Å². The highest BCUT2D eigenvalue weighted by atomic mass is 16.2. The molecule has 3 N–H and O–H groups in total. The Bertz CT molecular complexity index is 760. The third-order valence-corrected chi connectivity index (χ3v) is 5.64. The van der Waals surface area contributed by atoms with Crippen LogP contribution in [0.2, 0.25) is 0 Å². The van der Waals surface area contributed by atoms with Gasteiger partial charge < -0.3 is 10.6 Å². The first-order chi connectivity index (χ1) is 13.3. The lowest BCUT2D eigenvalue weighted by Gasteiger charge is -2.28. The van der Waals surface area contributed by atoms with Gasteiger partial charge in [-0.05, 0) is 37.5 Å². The van der Waals surface area contributed by atoms with Crippen molar-refractivity contribution in [1.29, 1.82) is 0 Å². The summed E-state index contributed by atoms with van der Waals surface area (Å²) in [6, 6.07) is 0. The molecule has 1 saturated carbocycles. The second-order valence-corrected chi connectivity index (χ2v) is 8.43. The van der Waals surface area contributed by atoms with Gasteiger partial charge in [0, 0.05) is 19.5 Å². The van der Waals surface area contributed by atoms with E-state index in [-0.39, 0.29) is 17.4 Å². The van der Waals surface area contributed by atoms with E-state index in [1.54, 1.807) is 0 Å². The Labute approximate surface area is 167 Å². The summed E-state index contributed by atoms with van der Waals surface area (Å²) in [5.74, 6) is 0.791. The van der Waals surface area contributed by atoms with E-state index < -0.39 is 11.2 Å². The predicted molar refractivity (Wildman–Crippen MR) is 114 cm³/mol. The highest BCUT2D eigenvalue weighted by Crippen LogP contribution is 2.28. The maximum absolute atomic E-state index is 13.2. The molecule has 0 aliphatic heterocycles. The summed E-state index contributed by atoms with van der Waals surface area (Å²) in [4.78, 5) is 41.9. The molecule has 2 rings (SSSR count). The minimum Gasteiger partial charge on any atom is -0.383 e. The molecule has 0 atom stereocenters. The quantitative estimate of drug-likeness (QED) is 0.673. The van der Waals surface area contributed by atoms with Crippen LogP contribution >= 0.6 is 0 Å². The maximum atomic E-state index is 13.2. The van der Waals surface area contributed by atoms with Gasteiger partial charge in [0.2, 0.25) is 5.91 Å². The Morgan fingerprint density at radius 1 is 1.25 bits per heavy atom. The number of anilines is 2. The van der Waals surface area contributed by atoms with Gasteiger partial charge in [-0.2, -0.15) is 0 Å². The van der Waals surface area contributed by atoms with E-state index in [0.29, 0.717) is 31.3 Å². The molecule has 0 bridgehead atoms. The van der Waals surface area contributed by atoms with Gasteiger partial charge in [0.05, 0.1) is 0 Å². The minimum atomic E-state index is -0.573. The first-order valence-corrected chi connectivity index (χ1v) is 10.8. The Hall–Kier alpha value is -2.05. The third kappa shape index (κ3) is 5.72. The van der Waals surface area contributed by atoms with Gasteiger partial charge in [0.1, 0.15) is 5.82 Å². The number of nitrogen functional groups attached to an aromatic ring is 1. The molecule has 0 saturated heterocycles. The van der Waals surface area contributed by atoms with Gasteiger partial charge in [0.15, 0.2) is 5.69 Å². The number of carbonyl (C=O) groups excluding carboxylic acids is 1. The third-order valence-electron chi connectivity index (χ3n) is 5.64. The molecule has 1 aromatic rings. The Kier molecular flexibility index (Phi) is 8.33. The molecule has 7 nitrogen and oxygen atoms in total. The van der Waals surface area contributed by atoms with Crippen molar-refractivity contribution in [3.05, 3.63) is 20.8 Å². The number of hydrogen-bond acceptors (Lipinski definition) is 4. The largest absolute Gasteiger partial charge is 0.383 e. The van der Waals surface area contributed by atoms with Gasteiger partial charge >= 0.3 is 5.69 Å². The molecule has 1 fully saturated rings. The summed E-state index contributed by atoms with van der Waals surface area (Å²) in [7, 11) is 0. The van der Waals surface area contributed by atoms with Crippen molar-refractivity contribution in [3.63, 3.8) is 0 Å². The SMILES string of the molecule is CCCCn1c(N)c(N(CCC(C)C)C(=O)CC2CCCCC2)c(=O)[nH]c1=O. The van der Waals surface area contributed by atoms with Crippen molar-refractivity contribution in [2.45, 2.75) is 85.1 Å². The molecular weight excluding hydrogens is 356 g/mol. The summed E-state index contributed by atoms with van der Waals surface area (Å²) in [5, 5.41) is 0. The number of unbranched alkanes of at least 4 members (excludes halogenated alkanes) is 1. The molecule has 0 spiro atoms. The van der Waals surface area contributed by atoms with Gasteiger partial charge in [0.25, 0.3) is 5.56 Å². The van der Waals surface area contributed by atoms with Crippen LogP contribution in [0.4, 0.5) is 11.5 Å². The van der Waals surface area contributed by atoms with Crippen molar-refractivity contribution >= 4 is 17.4 Å². The van der Waals surface area contributed by atoms with Gasteiger partial charge in [-0.15, -0.1) is 0 Å². The molecule has 1 heterocycles. The summed E-state index contributed by atoms with van der Waals surface area (Å²) in [6.07, 6.45) is 8.56. The molecule has 1 aliphatic carbocycles. The summed E-state index contributed by atoms with van der Waals surface area (Å²) >= 11 is 0. The molecule has 28 heavy (non-hydrogen) atoms. The zero-order valence-corrected chi connectivity index (χ0v) is 17.6. The van der Waals surface area contributed by atoms with E-state index >= 15 is 0 Å². The molecule has 158 valence electrons. The van der Waals surface area contributed by atoms with E-state index in [4.69, 9.17) is 5.73 Å². The number of nitrogens with two attached hydrogens (primary N) is 1. The maximum Gasteiger partial charge on any atom is 0.330 e. The normalized spacial score (nSPS) is 15.1. The van der Waals surface area contributed by atoms with E-state index in [1.165, 1.54) is 15.9 Å². The fourth-order valence-electron chi connectivity index (χ4n) is 3.87. The lowest BCUT2D eigenvalue weighted by Crippen LogP contribution is -2.42. The summed E-state index contributed by atoms with van der Waals surface area (Å²) < 4.78 is 1.39. The molecule has 1 aromatic heterocycles. The zero-order chi connectivity index (χ0) is 20.7. The van der Waals surface area contributed by atoms with E-state index in [9.17, 15) is 14.4 Å². The standard InChI is InChI=1S/C21H36N4O3/c1-4-5-12-25-19(22)18(20(27)23-21(25)28)24(13-11-15(2)3)17(26)14-16-9-7-6-8-10-16/h15-16H,4-14,22H2,1-3H3,(H,23,27,28). The Morgan fingerprint density at radius 2 is 1.93 bits per heavy atom. The highest BCUT2D eigenvalue weighted by Gasteiger charge is 2.27. The van der Waals surface area contributed by atoms with Crippen LogP contribution in [-0.4, -0.2) is 22.0 Å². The monoisotopic (exact) mass is 392 g/mol. The van der Waals surface area contributed by atoms with Crippen LogP contribution in [-0.2, 0) is 11.3 Å². The summed E-state index contributed by atoms with van der Waals surface area (Å²) in [6.45, 7) is 7.05. The molecule has 0 radical (unpaired) electrons. The summed E-state index contributed by atoms with van der Waals surface area (Å²) in [5.41, 5.74) is 5.31. The predicted octanol–water partition coefficient (Wildman–Crippen LogP) is 3.27. The second-order valence-electron chi connectivity index (χ2n) is 8.43. The fourth-order valence-corrected chi connectivity index (χ4v) is 3.87. The van der Waals surface area contributed by atoms with Gasteiger partial charge in [-0.3, -0.25) is 19.1 Å². The van der Waals surface area contributed by atoms with Crippen molar-refractivity contribution in [2.24, 2.45) is 11.8 Å². The average molecular weight is 393 g/mol. The van der Waals surface area contributed by atoms with Crippen LogP contribution in [0.25, 0.3) is 0 Å². The van der Waals surface area contributed by atoms with Gasteiger partial charge in [-0.1, -0.05) is 46.5 Å². The number of nitrogens with zero attached hydrogens (tertiary/aromatic N) is 2. The first kappa shape index (κ1) is 22.2. The number of carbonyl (C=O) groups is 1. The smallest absolute Gasteiger partial charge is 0.330 e. The molecule has 1 amide bonds. The highest BCUT2D eigenvalue weighted by molar-refractivity contribution is 5.95. The molecule has 0 aromatic carbocycles. The number of amides is 1. The molecule has 7 heteroatoms. The Balaban J connectivity index is 2.37. The number of nitrogens with one attached hydrogen (secondary N) is 1. The van der Waals surface area contributed by atoms with Crippen molar-refractivity contribution in [3.8, 4) is 0 Å². The number of aromatic amines is 1. The molecular formula is C21H36N4O3. The van der Waals surface area contributed by atoms with Crippen molar-refractivity contribution < 1.29 is 4.79 Å². The van der Waals surface area contributed by atoms with E-state index in [2.05, 4.69) is 18.8 Å². The van der Waals surface area contributed by atoms with Crippen LogP contribution in [0.3, 0.4) is 0 Å². The van der Waals surface area contributed by atoms with E-state index in [0.717, 1.165) is 44.9 Å². The molecule has 0 unspecified atom stereocenters. The Morgan fingerprint density at radius 3 is 2.54 bits per heavy atom. The first-order valence-electron chi connectivity index (χ1n) is 10.8. The van der Waals surface area contributed by atoms with Crippen LogP contribution in [0.15, 0.2) is 9.59 Å². The number of rotatable bonds is 9. The number of aromatic nitrogens is 2. The van der Waals surface area contributed by atoms with Crippen LogP contribution in [0, 0.1) is 11.8 Å². The number of H-pyrrole nitrogens is 1.